The van der Waals surface area contributed by atoms with E-state index in [4.69, 9.17) is 0 Å². The Balaban J connectivity index is 1.97. The summed E-state index contributed by atoms with van der Waals surface area (Å²) in [7, 11) is 4.29. The van der Waals surface area contributed by atoms with Gasteiger partial charge in [0.25, 0.3) is 0 Å². The third-order valence-corrected chi connectivity index (χ3v) is 4.05. The molecule has 1 aliphatic heterocycles. The van der Waals surface area contributed by atoms with Crippen LogP contribution in [0.5, 0.6) is 0 Å². The van der Waals surface area contributed by atoms with Crippen LogP contribution in [0.1, 0.15) is 25.5 Å². The maximum Gasteiger partial charge on any atom is 0.134 e. The Kier molecular flexibility index (Phi) is 4.91. The van der Waals surface area contributed by atoms with Crippen LogP contribution in [0, 0.1) is 0 Å². The molecule has 1 unspecified atom stereocenters. The number of hydrogen-bond acceptors (Lipinski definition) is 6. The molecule has 0 radical (unpaired) electrons. The summed E-state index contributed by atoms with van der Waals surface area (Å²) < 4.78 is 4.06. The number of aromatic nitrogens is 2. The minimum atomic E-state index is 0.663. The van der Waals surface area contributed by atoms with Gasteiger partial charge in [0, 0.05) is 37.2 Å². The lowest BCUT2D eigenvalue weighted by molar-refractivity contribution is 0.199. The Morgan fingerprint density at radius 2 is 2.33 bits per heavy atom. The smallest absolute Gasteiger partial charge is 0.134 e. The zero-order valence-electron chi connectivity index (χ0n) is 11.5. The van der Waals surface area contributed by atoms with E-state index in [1.807, 2.05) is 0 Å². The van der Waals surface area contributed by atoms with Gasteiger partial charge in [-0.2, -0.15) is 0 Å². The van der Waals surface area contributed by atoms with Gasteiger partial charge in [-0.05, 0) is 40.4 Å². The molecule has 5 nitrogen and oxygen atoms in total. The van der Waals surface area contributed by atoms with Crippen LogP contribution in [-0.2, 0) is 6.54 Å². The predicted molar refractivity (Wildman–Crippen MR) is 76.1 cm³/mol. The molecule has 1 N–H and O–H groups in total. The van der Waals surface area contributed by atoms with Crippen LogP contribution < -0.4 is 5.32 Å². The van der Waals surface area contributed by atoms with Crippen molar-refractivity contribution in [1.82, 2.24) is 19.4 Å². The summed E-state index contributed by atoms with van der Waals surface area (Å²) in [5.41, 5.74) is 1.10. The van der Waals surface area contributed by atoms with Crippen molar-refractivity contribution in [2.75, 3.05) is 39.0 Å². The topological polar surface area (TPSA) is 44.3 Å². The summed E-state index contributed by atoms with van der Waals surface area (Å²) in [6, 6.07) is 0.663. The van der Waals surface area contributed by atoms with Crippen LogP contribution in [0.2, 0.25) is 0 Å². The molecule has 0 aromatic carbocycles. The van der Waals surface area contributed by atoms with Crippen molar-refractivity contribution in [2.24, 2.45) is 0 Å². The van der Waals surface area contributed by atoms with Gasteiger partial charge in [-0.25, -0.2) is 0 Å². The summed E-state index contributed by atoms with van der Waals surface area (Å²) in [5.74, 6) is 0. The van der Waals surface area contributed by atoms with Gasteiger partial charge < -0.3 is 10.2 Å². The van der Waals surface area contributed by atoms with Crippen LogP contribution >= 0.6 is 11.5 Å². The fourth-order valence-electron chi connectivity index (χ4n) is 2.53. The maximum atomic E-state index is 4.26. The molecule has 2 rings (SSSR count). The highest BCUT2D eigenvalue weighted by Crippen LogP contribution is 2.24. The molecule has 1 fully saturated rings. The first-order valence-corrected chi connectivity index (χ1v) is 7.42. The Morgan fingerprint density at radius 3 is 3.06 bits per heavy atom. The first kappa shape index (κ1) is 13.7. The highest BCUT2D eigenvalue weighted by molar-refractivity contribution is 7.10. The van der Waals surface area contributed by atoms with E-state index < -0.39 is 0 Å². The van der Waals surface area contributed by atoms with Crippen LogP contribution in [-0.4, -0.2) is 59.2 Å². The summed E-state index contributed by atoms with van der Waals surface area (Å²) >= 11 is 1.46. The van der Waals surface area contributed by atoms with Crippen molar-refractivity contribution >= 4 is 16.5 Å². The first-order valence-electron chi connectivity index (χ1n) is 6.64. The van der Waals surface area contributed by atoms with Crippen LogP contribution in [0.3, 0.4) is 0 Å². The third kappa shape index (κ3) is 3.40. The van der Waals surface area contributed by atoms with Crippen molar-refractivity contribution in [1.29, 1.82) is 0 Å². The van der Waals surface area contributed by atoms with Crippen LogP contribution in [0.25, 0.3) is 0 Å². The van der Waals surface area contributed by atoms with Gasteiger partial charge in [-0.15, -0.1) is 5.10 Å². The minimum absolute atomic E-state index is 0.663. The molecular formula is C12H23N5S. The lowest BCUT2D eigenvalue weighted by Crippen LogP contribution is -2.37. The number of hydrogen-bond donors (Lipinski definition) is 1. The van der Waals surface area contributed by atoms with Gasteiger partial charge in [0.2, 0.25) is 0 Å². The Labute approximate surface area is 113 Å². The molecule has 102 valence electrons. The molecule has 1 aliphatic rings. The van der Waals surface area contributed by atoms with Gasteiger partial charge in [0.15, 0.2) is 0 Å². The van der Waals surface area contributed by atoms with E-state index in [9.17, 15) is 0 Å². The number of nitrogens with one attached hydrogen (secondary N) is 1. The van der Waals surface area contributed by atoms with Gasteiger partial charge >= 0.3 is 0 Å². The van der Waals surface area contributed by atoms with E-state index in [0.717, 1.165) is 30.3 Å². The Hall–Kier alpha value is -0.720. The number of nitrogens with zero attached hydrogens (tertiary/aromatic N) is 4. The van der Waals surface area contributed by atoms with Crippen molar-refractivity contribution in [3.05, 3.63) is 5.69 Å². The monoisotopic (exact) mass is 269 g/mol. The van der Waals surface area contributed by atoms with E-state index in [1.54, 1.807) is 0 Å². The predicted octanol–water partition coefficient (Wildman–Crippen LogP) is 1.50. The van der Waals surface area contributed by atoms with E-state index in [-0.39, 0.29) is 0 Å². The van der Waals surface area contributed by atoms with E-state index in [2.05, 4.69) is 45.7 Å². The zero-order chi connectivity index (χ0) is 13.0. The summed E-state index contributed by atoms with van der Waals surface area (Å²) in [6.07, 6.45) is 2.60. The molecule has 1 aromatic heterocycles. The average molecular weight is 269 g/mol. The fraction of sp³-hybridized carbons (Fsp3) is 0.833. The van der Waals surface area contributed by atoms with Crippen molar-refractivity contribution in [3.8, 4) is 0 Å². The van der Waals surface area contributed by atoms with Gasteiger partial charge in [0.05, 0.1) is 0 Å². The molecule has 0 aliphatic carbocycles. The van der Waals surface area contributed by atoms with Crippen LogP contribution in [0.15, 0.2) is 0 Å². The Bertz CT molecular complexity index is 365. The lowest BCUT2D eigenvalue weighted by atomic mass is 10.2. The normalized spacial score (nSPS) is 20.8. The summed E-state index contributed by atoms with van der Waals surface area (Å²) in [4.78, 5) is 4.81. The molecular weight excluding hydrogens is 246 g/mol. The molecule has 0 spiro atoms. The molecule has 6 heteroatoms. The second kappa shape index (κ2) is 6.45. The molecule has 1 saturated heterocycles. The molecule has 1 aromatic rings. The highest BCUT2D eigenvalue weighted by atomic mass is 32.1. The quantitative estimate of drug-likeness (QED) is 0.848. The summed E-state index contributed by atoms with van der Waals surface area (Å²) in [6.45, 7) is 6.28. The molecule has 0 saturated carbocycles. The number of rotatable bonds is 6. The van der Waals surface area contributed by atoms with Gasteiger partial charge in [-0.3, -0.25) is 4.90 Å². The van der Waals surface area contributed by atoms with E-state index in [0.29, 0.717) is 6.04 Å². The van der Waals surface area contributed by atoms with Gasteiger partial charge in [0.1, 0.15) is 10.7 Å². The number of likely N-dealkylation sites (tertiary alicyclic amines) is 1. The molecule has 0 amide bonds. The van der Waals surface area contributed by atoms with Crippen molar-refractivity contribution in [2.45, 2.75) is 32.4 Å². The van der Waals surface area contributed by atoms with Crippen LogP contribution in [0.4, 0.5) is 5.00 Å². The first-order chi connectivity index (χ1) is 8.70. The second-order valence-electron chi connectivity index (χ2n) is 5.11. The molecule has 18 heavy (non-hydrogen) atoms. The standard InChI is InChI=1S/C12H23N5S/c1-4-13-12-11(14-15-18-12)9-17-7-5-6-10(17)8-16(2)3/h10,13H,4-9H2,1-3H3. The maximum absolute atomic E-state index is 4.26. The molecule has 2 heterocycles. The van der Waals surface area contributed by atoms with Crippen molar-refractivity contribution in [3.63, 3.8) is 0 Å². The van der Waals surface area contributed by atoms with E-state index in [1.165, 1.54) is 30.9 Å². The molecule has 0 bridgehead atoms. The number of likely N-dealkylation sites (N-methyl/N-ethyl adjacent to an activating group) is 1. The largest absolute Gasteiger partial charge is 0.374 e. The SMILES string of the molecule is CCNc1snnc1CN1CCCC1CN(C)C. The number of anilines is 1. The van der Waals surface area contributed by atoms with Crippen molar-refractivity contribution < 1.29 is 0 Å². The highest BCUT2D eigenvalue weighted by Gasteiger charge is 2.26. The lowest BCUT2D eigenvalue weighted by Gasteiger charge is -2.26. The third-order valence-electron chi connectivity index (χ3n) is 3.32. The average Bonchev–Trinajstić information content (AvgIpc) is 2.91. The van der Waals surface area contributed by atoms with E-state index >= 15 is 0 Å². The Morgan fingerprint density at radius 1 is 1.50 bits per heavy atom. The fourth-order valence-corrected chi connectivity index (χ4v) is 3.17. The minimum Gasteiger partial charge on any atom is -0.374 e. The second-order valence-corrected chi connectivity index (χ2v) is 5.86. The zero-order valence-corrected chi connectivity index (χ0v) is 12.3. The molecule has 1 atom stereocenters. The summed E-state index contributed by atoms with van der Waals surface area (Å²) in [5, 5.41) is 8.74. The van der Waals surface area contributed by atoms with Gasteiger partial charge in [-0.1, -0.05) is 4.49 Å².